The minimum atomic E-state index is -0.252. The smallest absolute Gasteiger partial charge is 0.261 e. The number of hydrogen-bond donors (Lipinski definition) is 0. The lowest BCUT2D eigenvalue weighted by molar-refractivity contribution is -0.133. The fourth-order valence-electron chi connectivity index (χ4n) is 3.93. The number of imide groups is 1. The van der Waals surface area contributed by atoms with Gasteiger partial charge in [0, 0.05) is 50.6 Å². The number of thiophene rings is 1. The number of hydrogen-bond acceptors (Lipinski definition) is 5. The molecule has 4 rings (SSSR count). The lowest BCUT2D eigenvalue weighted by Gasteiger charge is -2.34. The summed E-state index contributed by atoms with van der Waals surface area (Å²) < 4.78 is 0. The van der Waals surface area contributed by atoms with Gasteiger partial charge in [-0.05, 0) is 36.4 Å². The zero-order valence-electron chi connectivity index (χ0n) is 16.4. The van der Waals surface area contributed by atoms with E-state index in [9.17, 15) is 14.4 Å². The van der Waals surface area contributed by atoms with Crippen molar-refractivity contribution >= 4 is 29.1 Å². The summed E-state index contributed by atoms with van der Waals surface area (Å²) in [5, 5.41) is 2.11. The van der Waals surface area contributed by atoms with Crippen molar-refractivity contribution < 1.29 is 14.4 Å². The monoisotopic (exact) mass is 411 g/mol. The van der Waals surface area contributed by atoms with Gasteiger partial charge in [-0.25, -0.2) is 0 Å². The average Bonchev–Trinajstić information content (AvgIpc) is 3.35. The van der Waals surface area contributed by atoms with Gasteiger partial charge in [-0.1, -0.05) is 18.2 Å². The Morgan fingerprint density at radius 3 is 2.21 bits per heavy atom. The minimum absolute atomic E-state index is 0.111. The molecule has 0 saturated carbocycles. The maximum absolute atomic E-state index is 12.5. The van der Waals surface area contributed by atoms with Crippen molar-refractivity contribution in [3.05, 3.63) is 57.8 Å². The summed E-state index contributed by atoms with van der Waals surface area (Å²) in [7, 11) is 0. The van der Waals surface area contributed by atoms with Crippen molar-refractivity contribution in [2.45, 2.75) is 19.3 Å². The molecule has 0 aliphatic carbocycles. The van der Waals surface area contributed by atoms with Crippen LogP contribution in [0.1, 0.15) is 38.4 Å². The largest absolute Gasteiger partial charge is 0.340 e. The third kappa shape index (κ3) is 4.41. The molecule has 3 amide bonds. The molecule has 29 heavy (non-hydrogen) atoms. The second-order valence-corrected chi connectivity index (χ2v) is 8.50. The molecule has 0 atom stereocenters. The molecule has 152 valence electrons. The molecule has 1 aromatic heterocycles. The van der Waals surface area contributed by atoms with Crippen LogP contribution in [0.15, 0.2) is 41.8 Å². The summed E-state index contributed by atoms with van der Waals surface area (Å²) in [6.45, 7) is 4.61. The first kappa shape index (κ1) is 19.8. The molecule has 1 saturated heterocycles. The maximum atomic E-state index is 12.5. The highest BCUT2D eigenvalue weighted by molar-refractivity contribution is 7.09. The molecular formula is C22H25N3O3S. The van der Waals surface area contributed by atoms with Crippen LogP contribution in [0.5, 0.6) is 0 Å². The predicted molar refractivity (Wildman–Crippen MR) is 112 cm³/mol. The van der Waals surface area contributed by atoms with E-state index in [1.807, 2.05) is 4.90 Å². The lowest BCUT2D eigenvalue weighted by atomic mass is 10.1. The summed E-state index contributed by atoms with van der Waals surface area (Å²) in [6, 6.07) is 11.1. The van der Waals surface area contributed by atoms with Crippen LogP contribution in [0.3, 0.4) is 0 Å². The van der Waals surface area contributed by atoms with E-state index < -0.39 is 0 Å². The molecule has 1 fully saturated rings. The van der Waals surface area contributed by atoms with Crippen LogP contribution >= 0.6 is 11.3 Å². The van der Waals surface area contributed by atoms with E-state index in [1.165, 1.54) is 9.78 Å². The van der Waals surface area contributed by atoms with Crippen molar-refractivity contribution in [1.82, 2.24) is 14.7 Å². The predicted octanol–water partition coefficient (Wildman–Crippen LogP) is 2.51. The highest BCUT2D eigenvalue weighted by Crippen LogP contribution is 2.22. The zero-order valence-corrected chi connectivity index (χ0v) is 17.2. The normalized spacial score (nSPS) is 17.1. The van der Waals surface area contributed by atoms with Gasteiger partial charge in [0.2, 0.25) is 5.91 Å². The molecule has 2 aliphatic heterocycles. The summed E-state index contributed by atoms with van der Waals surface area (Å²) in [5.41, 5.74) is 0.921. The Bertz CT molecular complexity index is 853. The molecule has 3 heterocycles. The second-order valence-electron chi connectivity index (χ2n) is 7.46. The number of fused-ring (bicyclic) bond motifs is 1. The first-order valence-corrected chi connectivity index (χ1v) is 11.0. The van der Waals surface area contributed by atoms with Gasteiger partial charge in [0.15, 0.2) is 0 Å². The highest BCUT2D eigenvalue weighted by Gasteiger charge is 2.34. The molecule has 6 nitrogen and oxygen atoms in total. The Morgan fingerprint density at radius 1 is 0.897 bits per heavy atom. The third-order valence-corrected chi connectivity index (χ3v) is 6.57. The Hall–Kier alpha value is -2.51. The van der Waals surface area contributed by atoms with Crippen LogP contribution in [0.4, 0.5) is 0 Å². The number of piperazine rings is 1. The van der Waals surface area contributed by atoms with Gasteiger partial charge in [-0.3, -0.25) is 24.2 Å². The standard InChI is InChI=1S/C22H25N3O3S/c26-20(24-14-12-23(13-15-24)11-9-17-5-4-16-29-17)8-3-10-25-21(27)18-6-1-2-7-19(18)22(25)28/h1-2,4-7,16H,3,8-15H2. The fourth-order valence-corrected chi connectivity index (χ4v) is 4.63. The summed E-state index contributed by atoms with van der Waals surface area (Å²) in [5.74, 6) is -0.394. The zero-order chi connectivity index (χ0) is 20.2. The molecule has 0 bridgehead atoms. The van der Waals surface area contributed by atoms with E-state index >= 15 is 0 Å². The Kier molecular flexibility index (Phi) is 6.06. The Labute approximate surface area is 174 Å². The molecule has 0 spiro atoms. The molecule has 0 radical (unpaired) electrons. The van der Waals surface area contributed by atoms with Crippen LogP contribution < -0.4 is 0 Å². The van der Waals surface area contributed by atoms with Crippen LogP contribution in [0, 0.1) is 0 Å². The van der Waals surface area contributed by atoms with Crippen LogP contribution in [-0.4, -0.2) is 71.7 Å². The van der Waals surface area contributed by atoms with Gasteiger partial charge in [0.05, 0.1) is 11.1 Å². The summed E-state index contributed by atoms with van der Waals surface area (Å²) in [4.78, 5) is 44.2. The highest BCUT2D eigenvalue weighted by atomic mass is 32.1. The first-order valence-electron chi connectivity index (χ1n) is 10.1. The average molecular weight is 412 g/mol. The molecule has 1 aromatic carbocycles. The van der Waals surface area contributed by atoms with Gasteiger partial charge in [0.25, 0.3) is 11.8 Å². The minimum Gasteiger partial charge on any atom is -0.340 e. The number of carbonyl (C=O) groups is 3. The fraction of sp³-hybridized carbons (Fsp3) is 0.409. The molecular weight excluding hydrogens is 386 g/mol. The van der Waals surface area contributed by atoms with Crippen LogP contribution in [0.2, 0.25) is 0 Å². The van der Waals surface area contributed by atoms with E-state index in [4.69, 9.17) is 0 Å². The number of rotatable bonds is 7. The van der Waals surface area contributed by atoms with E-state index in [1.54, 1.807) is 35.6 Å². The second kappa shape index (κ2) is 8.88. The van der Waals surface area contributed by atoms with E-state index in [-0.39, 0.29) is 17.7 Å². The number of benzene rings is 1. The van der Waals surface area contributed by atoms with Gasteiger partial charge >= 0.3 is 0 Å². The van der Waals surface area contributed by atoms with Crippen molar-refractivity contribution in [2.75, 3.05) is 39.3 Å². The lowest BCUT2D eigenvalue weighted by Crippen LogP contribution is -2.49. The molecule has 0 unspecified atom stereocenters. The van der Waals surface area contributed by atoms with Gasteiger partial charge in [-0.15, -0.1) is 11.3 Å². The Morgan fingerprint density at radius 2 is 1.59 bits per heavy atom. The Balaban J connectivity index is 1.18. The van der Waals surface area contributed by atoms with Crippen molar-refractivity contribution in [3.8, 4) is 0 Å². The van der Waals surface area contributed by atoms with Crippen molar-refractivity contribution in [3.63, 3.8) is 0 Å². The van der Waals surface area contributed by atoms with E-state index in [2.05, 4.69) is 22.4 Å². The first-order chi connectivity index (χ1) is 14.1. The maximum Gasteiger partial charge on any atom is 0.261 e. The molecule has 2 aliphatic rings. The van der Waals surface area contributed by atoms with Gasteiger partial charge < -0.3 is 4.90 Å². The van der Waals surface area contributed by atoms with Gasteiger partial charge in [0.1, 0.15) is 0 Å². The number of nitrogens with zero attached hydrogens (tertiary/aromatic N) is 3. The molecule has 0 N–H and O–H groups in total. The van der Waals surface area contributed by atoms with Crippen LogP contribution in [0.25, 0.3) is 0 Å². The summed E-state index contributed by atoms with van der Waals surface area (Å²) in [6.07, 6.45) is 1.93. The quantitative estimate of drug-likeness (QED) is 0.657. The molecule has 2 aromatic rings. The third-order valence-electron chi connectivity index (χ3n) is 5.63. The number of carbonyl (C=O) groups excluding carboxylic acids is 3. The molecule has 7 heteroatoms. The van der Waals surface area contributed by atoms with Crippen molar-refractivity contribution in [1.29, 1.82) is 0 Å². The summed E-state index contributed by atoms with van der Waals surface area (Å²) >= 11 is 1.79. The number of amides is 3. The van der Waals surface area contributed by atoms with E-state index in [0.29, 0.717) is 30.5 Å². The van der Waals surface area contributed by atoms with Crippen molar-refractivity contribution in [2.24, 2.45) is 0 Å². The topological polar surface area (TPSA) is 60.9 Å². The van der Waals surface area contributed by atoms with Gasteiger partial charge in [-0.2, -0.15) is 0 Å². The SMILES string of the molecule is O=C(CCCN1C(=O)c2ccccc2C1=O)N1CCN(CCc2cccs2)CC1. The van der Waals surface area contributed by atoms with Crippen LogP contribution in [-0.2, 0) is 11.2 Å². The van der Waals surface area contributed by atoms with E-state index in [0.717, 1.165) is 39.1 Å².